The number of carbonyl (C=O) groups excluding carboxylic acids is 1. The Morgan fingerprint density at radius 2 is 1.82 bits per heavy atom. The van der Waals surface area contributed by atoms with Crippen molar-refractivity contribution >= 4 is 28.7 Å². The number of imidazole rings is 1. The molecule has 13 heteroatoms. The second-order valence-electron chi connectivity index (χ2n) is 10.3. The normalized spacial score (nSPS) is 17.9. The molecule has 1 amide bonds. The van der Waals surface area contributed by atoms with Gasteiger partial charge < -0.3 is 30.5 Å². The van der Waals surface area contributed by atoms with Crippen LogP contribution in [0.3, 0.4) is 0 Å². The second kappa shape index (κ2) is 12.4. The molecule has 0 spiro atoms. The van der Waals surface area contributed by atoms with E-state index < -0.39 is 18.3 Å². The maximum absolute atomic E-state index is 14.2. The molecule has 1 atom stereocenters. The predicted molar refractivity (Wildman–Crippen MR) is 149 cm³/mol. The highest BCUT2D eigenvalue weighted by molar-refractivity contribution is 5.84. The number of para-hydroxylation sites is 2. The van der Waals surface area contributed by atoms with Gasteiger partial charge in [0, 0.05) is 38.3 Å². The number of morpholine rings is 1. The number of nitrogens with one attached hydrogen (secondary N) is 1. The van der Waals surface area contributed by atoms with Crippen LogP contribution in [0.25, 0.3) is 16.9 Å². The minimum absolute atomic E-state index is 0.0942. The number of nitrogens with zero attached hydrogens (tertiary/aromatic N) is 7. The van der Waals surface area contributed by atoms with Gasteiger partial charge in [0.1, 0.15) is 17.7 Å². The molecule has 3 N–H and O–H groups in total. The minimum atomic E-state index is -2.81. The van der Waals surface area contributed by atoms with Gasteiger partial charge in [-0.15, -0.1) is 0 Å². The Morgan fingerprint density at radius 3 is 2.52 bits per heavy atom. The number of rotatable bonds is 9. The molecule has 40 heavy (non-hydrogen) atoms. The third kappa shape index (κ3) is 6.01. The third-order valence-electron chi connectivity index (χ3n) is 7.54. The predicted octanol–water partition coefficient (Wildman–Crippen LogP) is 2.27. The van der Waals surface area contributed by atoms with Gasteiger partial charge in [-0.3, -0.25) is 9.36 Å². The summed E-state index contributed by atoms with van der Waals surface area (Å²) in [7, 11) is 2.08. The number of fused-ring (bicyclic) bond motifs is 1. The number of carbonyl (C=O) groups is 1. The average molecular weight is 558 g/mol. The van der Waals surface area contributed by atoms with Gasteiger partial charge in [-0.2, -0.15) is 9.97 Å². The van der Waals surface area contributed by atoms with Crippen LogP contribution < -0.4 is 16.0 Å². The first-order valence-corrected chi connectivity index (χ1v) is 13.8. The number of nitrogens with two attached hydrogens (primary N) is 1. The standard InChI is InChI=1S/C27H37F2N9O2/c1-18(26(39)37(12-9-30)19-7-10-35(2)11-8-19)31-27-33-22(36-13-15-40-16-14-36)17-23(34-27)38-21-6-4-3-5-20(21)32-25(38)24(28)29/h3-6,17-19,24H,7-16,30H2,1-2H3,(H,31,33,34)/t18-/m0/s1. The molecule has 2 saturated heterocycles. The van der Waals surface area contributed by atoms with Crippen molar-refractivity contribution < 1.29 is 18.3 Å². The molecule has 1 aromatic carbocycles. The van der Waals surface area contributed by atoms with E-state index in [1.54, 1.807) is 37.3 Å². The number of alkyl halides is 2. The molecular formula is C27H37F2N9O2. The minimum Gasteiger partial charge on any atom is -0.378 e. The Morgan fingerprint density at radius 1 is 1.12 bits per heavy atom. The Kier molecular flexibility index (Phi) is 8.72. The quantitative estimate of drug-likeness (QED) is 0.409. The van der Waals surface area contributed by atoms with E-state index in [4.69, 9.17) is 15.5 Å². The van der Waals surface area contributed by atoms with Gasteiger partial charge in [0.05, 0.1) is 24.2 Å². The van der Waals surface area contributed by atoms with Crippen molar-refractivity contribution in [1.82, 2.24) is 29.3 Å². The van der Waals surface area contributed by atoms with Gasteiger partial charge in [0.25, 0.3) is 6.43 Å². The van der Waals surface area contributed by atoms with E-state index in [1.165, 1.54) is 4.57 Å². The third-order valence-corrected chi connectivity index (χ3v) is 7.54. The van der Waals surface area contributed by atoms with Crippen molar-refractivity contribution in [3.63, 3.8) is 0 Å². The molecule has 11 nitrogen and oxygen atoms in total. The van der Waals surface area contributed by atoms with Crippen LogP contribution in [-0.4, -0.2) is 107 Å². The van der Waals surface area contributed by atoms with Crippen molar-refractivity contribution in [3.8, 4) is 5.82 Å². The maximum atomic E-state index is 14.2. The van der Waals surface area contributed by atoms with Gasteiger partial charge in [-0.05, 0) is 52.0 Å². The van der Waals surface area contributed by atoms with E-state index in [0.717, 1.165) is 25.9 Å². The Labute approximate surface area is 232 Å². The van der Waals surface area contributed by atoms with E-state index in [0.29, 0.717) is 56.2 Å². The Balaban J connectivity index is 1.49. The van der Waals surface area contributed by atoms with Crippen LogP contribution in [-0.2, 0) is 9.53 Å². The van der Waals surface area contributed by atoms with Crippen LogP contribution in [0, 0.1) is 0 Å². The zero-order valence-corrected chi connectivity index (χ0v) is 23.0. The molecule has 2 fully saturated rings. The van der Waals surface area contributed by atoms with E-state index in [1.807, 2.05) is 9.80 Å². The van der Waals surface area contributed by atoms with Crippen LogP contribution in [0.2, 0.25) is 0 Å². The smallest absolute Gasteiger partial charge is 0.296 e. The first-order chi connectivity index (χ1) is 19.4. The molecule has 5 rings (SSSR count). The summed E-state index contributed by atoms with van der Waals surface area (Å²) in [5, 5.41) is 3.16. The van der Waals surface area contributed by atoms with E-state index in [-0.39, 0.29) is 23.7 Å². The lowest BCUT2D eigenvalue weighted by Crippen LogP contribution is -2.52. The molecule has 3 aromatic rings. The van der Waals surface area contributed by atoms with Crippen molar-refractivity contribution in [2.24, 2.45) is 5.73 Å². The molecule has 4 heterocycles. The fourth-order valence-electron chi connectivity index (χ4n) is 5.41. The summed E-state index contributed by atoms with van der Waals surface area (Å²) in [4.78, 5) is 33.3. The largest absolute Gasteiger partial charge is 0.378 e. The number of likely N-dealkylation sites (tertiary alicyclic amines) is 1. The zero-order chi connectivity index (χ0) is 28.2. The molecule has 2 aliphatic heterocycles. The molecule has 2 aliphatic rings. The monoisotopic (exact) mass is 557 g/mol. The molecule has 2 aromatic heterocycles. The fourth-order valence-corrected chi connectivity index (χ4v) is 5.41. The molecule has 0 radical (unpaired) electrons. The van der Waals surface area contributed by atoms with Crippen molar-refractivity contribution in [3.05, 3.63) is 36.2 Å². The molecule has 0 aliphatic carbocycles. The molecular weight excluding hydrogens is 520 g/mol. The lowest BCUT2D eigenvalue weighted by molar-refractivity contribution is -0.134. The highest BCUT2D eigenvalue weighted by Gasteiger charge is 2.30. The number of aromatic nitrogens is 4. The lowest BCUT2D eigenvalue weighted by Gasteiger charge is -2.38. The highest BCUT2D eigenvalue weighted by Crippen LogP contribution is 2.29. The molecule has 0 unspecified atom stereocenters. The summed E-state index contributed by atoms with van der Waals surface area (Å²) >= 11 is 0. The van der Waals surface area contributed by atoms with Crippen LogP contribution in [0.15, 0.2) is 30.3 Å². The maximum Gasteiger partial charge on any atom is 0.296 e. The number of amides is 1. The van der Waals surface area contributed by atoms with E-state index in [9.17, 15) is 13.6 Å². The van der Waals surface area contributed by atoms with Crippen molar-refractivity contribution in [2.75, 3.05) is 69.7 Å². The molecule has 0 bridgehead atoms. The fraction of sp³-hybridized carbons (Fsp3) is 0.556. The summed E-state index contributed by atoms with van der Waals surface area (Å²) in [6.45, 7) is 6.66. The first-order valence-electron chi connectivity index (χ1n) is 13.8. The Hall–Kier alpha value is -3.42. The zero-order valence-electron chi connectivity index (χ0n) is 23.0. The lowest BCUT2D eigenvalue weighted by atomic mass is 10.0. The van der Waals surface area contributed by atoms with Crippen molar-refractivity contribution in [1.29, 1.82) is 0 Å². The summed E-state index contributed by atoms with van der Waals surface area (Å²) in [6.07, 6.45) is -1.05. The summed E-state index contributed by atoms with van der Waals surface area (Å²) in [5.41, 5.74) is 6.83. The highest BCUT2D eigenvalue weighted by atomic mass is 19.3. The van der Waals surface area contributed by atoms with Gasteiger partial charge in [0.2, 0.25) is 11.9 Å². The first kappa shape index (κ1) is 28.1. The van der Waals surface area contributed by atoms with E-state index >= 15 is 0 Å². The number of ether oxygens (including phenoxy) is 1. The van der Waals surface area contributed by atoms with Gasteiger partial charge in [0.15, 0.2) is 5.82 Å². The number of hydrogen-bond acceptors (Lipinski definition) is 9. The number of halogens is 2. The Bertz CT molecular complexity index is 1310. The number of anilines is 2. The average Bonchev–Trinajstić information content (AvgIpc) is 3.37. The molecule has 0 saturated carbocycles. The van der Waals surface area contributed by atoms with Crippen LogP contribution in [0.1, 0.15) is 32.0 Å². The van der Waals surface area contributed by atoms with E-state index in [2.05, 4.69) is 27.2 Å². The number of hydrogen-bond donors (Lipinski definition) is 2. The molecule has 216 valence electrons. The summed E-state index contributed by atoms with van der Waals surface area (Å²) < 4.78 is 35.2. The van der Waals surface area contributed by atoms with Gasteiger partial charge in [-0.25, -0.2) is 13.8 Å². The number of benzene rings is 1. The number of piperidine rings is 1. The summed E-state index contributed by atoms with van der Waals surface area (Å²) in [6, 6.07) is 8.09. The van der Waals surface area contributed by atoms with Crippen LogP contribution in [0.4, 0.5) is 20.5 Å². The second-order valence-corrected chi connectivity index (χ2v) is 10.3. The van der Waals surface area contributed by atoms with Crippen LogP contribution >= 0.6 is 0 Å². The van der Waals surface area contributed by atoms with Gasteiger partial charge >= 0.3 is 0 Å². The van der Waals surface area contributed by atoms with Crippen molar-refractivity contribution in [2.45, 2.75) is 38.3 Å². The summed E-state index contributed by atoms with van der Waals surface area (Å²) in [5.74, 6) is 0.482. The van der Waals surface area contributed by atoms with Gasteiger partial charge in [-0.1, -0.05) is 12.1 Å². The SMILES string of the molecule is C[C@H](Nc1nc(N2CCOCC2)cc(-n2c(C(F)F)nc3ccccc32)n1)C(=O)N(CCN)C1CCN(C)CC1. The topological polar surface area (TPSA) is 118 Å². The van der Waals surface area contributed by atoms with Crippen LogP contribution in [0.5, 0.6) is 0 Å².